The van der Waals surface area contributed by atoms with Crippen LogP contribution in [0.2, 0.25) is 0 Å². The van der Waals surface area contributed by atoms with Crippen LogP contribution in [-0.2, 0) is 11.3 Å². The normalized spacial score (nSPS) is 21.7. The molecule has 2 aromatic carbocycles. The Hall–Kier alpha value is -3.74. The Morgan fingerprint density at radius 2 is 1.71 bits per heavy atom. The molecule has 0 radical (unpaired) electrons. The Morgan fingerprint density at radius 1 is 1.02 bits per heavy atom. The van der Waals surface area contributed by atoms with E-state index in [9.17, 15) is 8.78 Å². The first-order valence-electron chi connectivity index (χ1n) is 14.2. The number of nitrogens with one attached hydrogen (secondary N) is 1. The molecule has 4 aromatic rings. The number of halogens is 2. The Kier molecular flexibility index (Phi) is 7.78. The number of hydrogen-bond donors (Lipinski definition) is 2. The molecule has 3 N–H and O–H groups in total. The zero-order valence-corrected chi connectivity index (χ0v) is 23.2. The van der Waals surface area contributed by atoms with Gasteiger partial charge in [-0.1, -0.05) is 36.4 Å². The monoisotopic (exact) mass is 563 g/mol. The summed E-state index contributed by atoms with van der Waals surface area (Å²) in [4.78, 5) is 14.0. The van der Waals surface area contributed by atoms with Gasteiger partial charge in [0.1, 0.15) is 11.6 Å². The van der Waals surface area contributed by atoms with Gasteiger partial charge in [0.25, 0.3) is 0 Å². The second-order valence-corrected chi connectivity index (χ2v) is 10.9. The van der Waals surface area contributed by atoms with Gasteiger partial charge in [-0.3, -0.25) is 10.3 Å². The van der Waals surface area contributed by atoms with Crippen LogP contribution in [0.1, 0.15) is 50.3 Å². The second-order valence-electron chi connectivity index (χ2n) is 10.9. The van der Waals surface area contributed by atoms with Crippen LogP contribution in [0, 0.1) is 11.6 Å². The van der Waals surface area contributed by atoms with E-state index < -0.39 is 0 Å². The quantitative estimate of drug-likeness (QED) is 0.242. The predicted octanol–water partition coefficient (Wildman–Crippen LogP) is 4.04. The van der Waals surface area contributed by atoms with Crippen molar-refractivity contribution in [1.29, 1.82) is 0 Å². The number of aromatic nitrogens is 5. The minimum absolute atomic E-state index is 0.0215. The third-order valence-electron chi connectivity index (χ3n) is 8.20. The average Bonchev–Trinajstić information content (AvgIpc) is 3.65. The number of anilines is 2. The van der Waals surface area contributed by atoms with Crippen molar-refractivity contribution in [2.24, 2.45) is 5.84 Å². The number of nitrogens with zero attached hydrogens (tertiary/aromatic N) is 7. The zero-order chi connectivity index (χ0) is 28.5. The summed E-state index contributed by atoms with van der Waals surface area (Å²) in [6, 6.07) is 13.1. The van der Waals surface area contributed by atoms with Crippen molar-refractivity contribution in [3.63, 3.8) is 0 Å². The molecule has 6 rings (SSSR count). The van der Waals surface area contributed by atoms with E-state index >= 15 is 0 Å². The molecule has 2 saturated heterocycles. The molecule has 2 aliphatic heterocycles. The zero-order valence-electron chi connectivity index (χ0n) is 23.2. The lowest BCUT2D eigenvalue weighted by Crippen LogP contribution is -2.58. The summed E-state index contributed by atoms with van der Waals surface area (Å²) < 4.78 is 35.3. The molecule has 0 aliphatic carbocycles. The Bertz CT molecular complexity index is 1430. The van der Waals surface area contributed by atoms with Gasteiger partial charge in [-0.15, -0.1) is 5.10 Å². The number of hydrogen-bond acceptors (Lipinski definition) is 9. The minimum atomic E-state index is -0.290. The summed E-state index contributed by atoms with van der Waals surface area (Å²) in [6.45, 7) is 6.95. The van der Waals surface area contributed by atoms with Gasteiger partial charge in [-0.2, -0.15) is 9.97 Å². The van der Waals surface area contributed by atoms with Crippen LogP contribution in [0.3, 0.4) is 0 Å². The largest absolute Gasteiger partial charge is 0.376 e. The van der Waals surface area contributed by atoms with Gasteiger partial charge in [-0.25, -0.2) is 19.3 Å². The van der Waals surface area contributed by atoms with E-state index in [-0.39, 0.29) is 35.9 Å². The molecule has 0 amide bonds. The first-order valence-corrected chi connectivity index (χ1v) is 14.2. The van der Waals surface area contributed by atoms with Crippen LogP contribution in [0.4, 0.5) is 20.5 Å². The fourth-order valence-electron chi connectivity index (χ4n) is 6.12. The summed E-state index contributed by atoms with van der Waals surface area (Å²) in [5.74, 6) is 6.18. The molecule has 41 heavy (non-hydrogen) atoms. The van der Waals surface area contributed by atoms with Crippen LogP contribution in [0.15, 0.2) is 48.5 Å². The van der Waals surface area contributed by atoms with Gasteiger partial charge in [0.2, 0.25) is 5.95 Å². The maximum atomic E-state index is 13.9. The lowest BCUT2D eigenvalue weighted by atomic mass is 9.92. The van der Waals surface area contributed by atoms with Gasteiger partial charge in [0.05, 0.1) is 18.7 Å². The van der Waals surface area contributed by atoms with Gasteiger partial charge >= 0.3 is 0 Å². The molecule has 10 nitrogen and oxygen atoms in total. The van der Waals surface area contributed by atoms with Crippen LogP contribution >= 0.6 is 0 Å². The molecule has 12 heteroatoms. The predicted molar refractivity (Wildman–Crippen MR) is 152 cm³/mol. The van der Waals surface area contributed by atoms with Crippen molar-refractivity contribution < 1.29 is 13.5 Å². The van der Waals surface area contributed by atoms with Crippen molar-refractivity contribution in [2.45, 2.75) is 63.9 Å². The molecule has 0 saturated carbocycles. The fourth-order valence-corrected chi connectivity index (χ4v) is 6.12. The highest BCUT2D eigenvalue weighted by Crippen LogP contribution is 2.37. The third-order valence-corrected chi connectivity index (χ3v) is 8.20. The highest BCUT2D eigenvalue weighted by molar-refractivity contribution is 5.84. The van der Waals surface area contributed by atoms with Gasteiger partial charge in [-0.05, 0) is 61.6 Å². The lowest BCUT2D eigenvalue weighted by Gasteiger charge is -2.49. The standard InChI is InChI=1S/C29H35F2N9O/c1-3-23-16-38(27-25-28(34-29(33-27)35-32)40(37-36-25)17-24-5-4-14-41-24)18(2)15-39(23)26(19-6-10-21(30)11-7-19)20-8-12-22(31)13-9-20/h6-13,18,23-24,26H,3-5,14-17,32H2,1-2H3,(H,33,34,35)/t18-,23+,24-/m0/s1. The molecule has 3 atom stereocenters. The van der Waals surface area contributed by atoms with E-state index in [1.54, 1.807) is 4.68 Å². The molecule has 0 spiro atoms. The van der Waals surface area contributed by atoms with Gasteiger partial charge in [0, 0.05) is 31.8 Å². The van der Waals surface area contributed by atoms with E-state index in [4.69, 9.17) is 15.6 Å². The lowest BCUT2D eigenvalue weighted by molar-refractivity contribution is 0.0944. The molecular weight excluding hydrogens is 528 g/mol. The molecular formula is C29H35F2N9O. The van der Waals surface area contributed by atoms with Crippen molar-refractivity contribution in [2.75, 3.05) is 30.0 Å². The molecule has 0 unspecified atom stereocenters. The Balaban J connectivity index is 1.35. The average molecular weight is 564 g/mol. The maximum Gasteiger partial charge on any atom is 0.241 e. The Morgan fingerprint density at radius 3 is 2.29 bits per heavy atom. The summed E-state index contributed by atoms with van der Waals surface area (Å²) in [7, 11) is 0. The van der Waals surface area contributed by atoms with Crippen LogP contribution in [0.5, 0.6) is 0 Å². The van der Waals surface area contributed by atoms with Gasteiger partial charge < -0.3 is 9.64 Å². The highest BCUT2D eigenvalue weighted by Gasteiger charge is 2.38. The van der Waals surface area contributed by atoms with E-state index in [2.05, 4.69) is 44.4 Å². The molecule has 2 aromatic heterocycles. The van der Waals surface area contributed by atoms with E-state index in [0.717, 1.165) is 37.0 Å². The SMILES string of the molecule is CC[C@@H]1CN(c2nc(NN)nc3c2nnn3C[C@@H]2CCCO2)[C@@H](C)CN1C(c1ccc(F)cc1)c1ccc(F)cc1. The smallest absolute Gasteiger partial charge is 0.241 e. The topological polar surface area (TPSA) is 110 Å². The Labute approximate surface area is 237 Å². The van der Waals surface area contributed by atoms with Crippen LogP contribution in [-0.4, -0.2) is 67.7 Å². The van der Waals surface area contributed by atoms with E-state index in [1.807, 2.05) is 24.3 Å². The number of fused-ring (bicyclic) bond motifs is 1. The minimum Gasteiger partial charge on any atom is -0.376 e. The molecule has 2 aliphatic rings. The fraction of sp³-hybridized carbons (Fsp3) is 0.448. The number of rotatable bonds is 8. The molecule has 2 fully saturated rings. The van der Waals surface area contributed by atoms with E-state index in [0.29, 0.717) is 42.6 Å². The first kappa shape index (κ1) is 27.4. The van der Waals surface area contributed by atoms with Crippen molar-refractivity contribution >= 4 is 22.9 Å². The second kappa shape index (κ2) is 11.6. The van der Waals surface area contributed by atoms with Crippen LogP contribution in [0.25, 0.3) is 11.2 Å². The van der Waals surface area contributed by atoms with Crippen molar-refractivity contribution in [1.82, 2.24) is 29.9 Å². The van der Waals surface area contributed by atoms with Crippen molar-refractivity contribution in [3.05, 3.63) is 71.3 Å². The summed E-state index contributed by atoms with van der Waals surface area (Å²) in [6.07, 6.45) is 2.94. The number of nitrogens with two attached hydrogens (primary N) is 1. The number of piperazine rings is 1. The number of benzene rings is 2. The molecule has 0 bridgehead atoms. The summed E-state index contributed by atoms with van der Waals surface area (Å²) in [5.41, 5.74) is 5.74. The number of nitrogen functional groups attached to an aromatic ring is 1. The third kappa shape index (κ3) is 5.46. The number of hydrazine groups is 1. The molecule has 4 heterocycles. The maximum absolute atomic E-state index is 13.9. The van der Waals surface area contributed by atoms with Crippen molar-refractivity contribution in [3.8, 4) is 0 Å². The molecule has 216 valence electrons. The van der Waals surface area contributed by atoms with Gasteiger partial charge in [0.15, 0.2) is 17.0 Å². The number of ether oxygens (including phenoxy) is 1. The first-order chi connectivity index (χ1) is 19.9. The van der Waals surface area contributed by atoms with Crippen LogP contribution < -0.4 is 16.2 Å². The summed E-state index contributed by atoms with van der Waals surface area (Å²) in [5, 5.41) is 8.91. The highest BCUT2D eigenvalue weighted by atomic mass is 19.1. The van der Waals surface area contributed by atoms with E-state index in [1.165, 1.54) is 24.3 Å². The summed E-state index contributed by atoms with van der Waals surface area (Å²) >= 11 is 0.